The molecule has 1 aliphatic rings. The van der Waals surface area contributed by atoms with Crippen molar-refractivity contribution in [1.29, 1.82) is 0 Å². The maximum absolute atomic E-state index is 12.3. The van der Waals surface area contributed by atoms with E-state index in [9.17, 15) is 18.0 Å². The van der Waals surface area contributed by atoms with Crippen molar-refractivity contribution in [2.75, 3.05) is 11.9 Å². The Labute approximate surface area is 145 Å². The monoisotopic (exact) mass is 366 g/mol. The summed E-state index contributed by atoms with van der Waals surface area (Å²) in [5.74, 6) is -0.410. The predicted octanol–water partition coefficient (Wildman–Crippen LogP) is 3.81. The van der Waals surface area contributed by atoms with Crippen molar-refractivity contribution in [2.45, 2.75) is 44.8 Å². The van der Waals surface area contributed by atoms with E-state index in [1.165, 1.54) is 6.07 Å². The van der Waals surface area contributed by atoms with Crippen molar-refractivity contribution >= 4 is 24.0 Å². The predicted molar refractivity (Wildman–Crippen MR) is 88.5 cm³/mol. The highest BCUT2D eigenvalue weighted by Crippen LogP contribution is 2.30. The average Bonchev–Trinajstić information content (AvgIpc) is 2.46. The van der Waals surface area contributed by atoms with Crippen molar-refractivity contribution < 1.29 is 22.7 Å². The van der Waals surface area contributed by atoms with Crippen molar-refractivity contribution in [1.82, 2.24) is 0 Å². The second-order valence-corrected chi connectivity index (χ2v) is 6.02. The van der Waals surface area contributed by atoms with E-state index in [-0.39, 0.29) is 41.7 Å². The van der Waals surface area contributed by atoms with Gasteiger partial charge in [0.1, 0.15) is 5.75 Å². The number of amides is 1. The Morgan fingerprint density at radius 3 is 2.71 bits per heavy atom. The molecule has 1 aromatic carbocycles. The lowest BCUT2D eigenvalue weighted by Gasteiger charge is -2.26. The molecular weight excluding hydrogens is 345 g/mol. The number of ether oxygens (including phenoxy) is 1. The van der Waals surface area contributed by atoms with Crippen molar-refractivity contribution in [2.24, 2.45) is 11.7 Å². The molecule has 24 heavy (non-hydrogen) atoms. The molecule has 1 saturated carbocycles. The van der Waals surface area contributed by atoms with Gasteiger partial charge in [0.2, 0.25) is 5.91 Å². The summed E-state index contributed by atoms with van der Waals surface area (Å²) >= 11 is 0. The SMILES string of the molecule is Cc1ccc(NC(=O)C2CCCC(N)C2)c(OCC(F)(F)F)c1.Cl. The number of carbonyl (C=O) groups excluding carboxylic acids is 1. The Hall–Kier alpha value is -1.47. The van der Waals surface area contributed by atoms with Crippen LogP contribution in [0.2, 0.25) is 0 Å². The van der Waals surface area contributed by atoms with Crippen LogP contribution in [0.25, 0.3) is 0 Å². The summed E-state index contributed by atoms with van der Waals surface area (Å²) < 4.78 is 41.9. The fourth-order valence-corrected chi connectivity index (χ4v) is 2.71. The van der Waals surface area contributed by atoms with E-state index in [4.69, 9.17) is 10.5 Å². The van der Waals surface area contributed by atoms with Crippen molar-refractivity contribution in [3.05, 3.63) is 23.8 Å². The molecule has 4 nitrogen and oxygen atoms in total. The molecule has 1 amide bonds. The first kappa shape index (κ1) is 20.6. The lowest BCUT2D eigenvalue weighted by atomic mass is 9.85. The van der Waals surface area contributed by atoms with E-state index in [0.29, 0.717) is 6.42 Å². The number of hydrogen-bond acceptors (Lipinski definition) is 3. The van der Waals surface area contributed by atoms with E-state index in [2.05, 4.69) is 5.32 Å². The quantitative estimate of drug-likeness (QED) is 0.851. The van der Waals surface area contributed by atoms with Crippen LogP contribution in [0.3, 0.4) is 0 Å². The highest BCUT2D eigenvalue weighted by atomic mass is 35.5. The summed E-state index contributed by atoms with van der Waals surface area (Å²) in [7, 11) is 0. The second-order valence-electron chi connectivity index (χ2n) is 6.02. The van der Waals surface area contributed by atoms with Crippen LogP contribution < -0.4 is 15.8 Å². The summed E-state index contributed by atoms with van der Waals surface area (Å²) in [4.78, 5) is 12.3. The van der Waals surface area contributed by atoms with Gasteiger partial charge >= 0.3 is 6.18 Å². The number of alkyl halides is 3. The number of benzene rings is 1. The topological polar surface area (TPSA) is 64.4 Å². The number of anilines is 1. The molecule has 3 N–H and O–H groups in total. The van der Waals surface area contributed by atoms with Gasteiger partial charge in [-0.1, -0.05) is 12.5 Å². The molecule has 136 valence electrons. The number of carbonyl (C=O) groups is 1. The third-order valence-corrected chi connectivity index (χ3v) is 3.87. The van der Waals surface area contributed by atoms with Gasteiger partial charge in [-0.15, -0.1) is 12.4 Å². The van der Waals surface area contributed by atoms with E-state index < -0.39 is 12.8 Å². The zero-order chi connectivity index (χ0) is 17.0. The normalized spacial score (nSPS) is 20.9. The first-order valence-corrected chi connectivity index (χ1v) is 7.61. The van der Waals surface area contributed by atoms with Crippen LogP contribution in [-0.4, -0.2) is 24.7 Å². The fourth-order valence-electron chi connectivity index (χ4n) is 2.71. The Morgan fingerprint density at radius 1 is 1.38 bits per heavy atom. The van der Waals surface area contributed by atoms with Gasteiger partial charge in [0, 0.05) is 12.0 Å². The number of hydrogen-bond donors (Lipinski definition) is 2. The first-order valence-electron chi connectivity index (χ1n) is 7.61. The van der Waals surface area contributed by atoms with Crippen LogP contribution in [0.1, 0.15) is 31.2 Å². The lowest BCUT2D eigenvalue weighted by Crippen LogP contribution is -2.34. The summed E-state index contributed by atoms with van der Waals surface area (Å²) in [5.41, 5.74) is 6.88. The molecule has 0 spiro atoms. The third-order valence-electron chi connectivity index (χ3n) is 3.87. The third kappa shape index (κ3) is 6.20. The summed E-state index contributed by atoms with van der Waals surface area (Å²) in [6.07, 6.45) is -1.32. The molecule has 8 heteroatoms. The van der Waals surface area contributed by atoms with Gasteiger partial charge in [0.05, 0.1) is 5.69 Å². The largest absolute Gasteiger partial charge is 0.482 e. The lowest BCUT2D eigenvalue weighted by molar-refractivity contribution is -0.153. The minimum atomic E-state index is -4.43. The highest BCUT2D eigenvalue weighted by Gasteiger charge is 2.29. The van der Waals surface area contributed by atoms with Crippen molar-refractivity contribution in [3.63, 3.8) is 0 Å². The number of aryl methyl sites for hydroxylation is 1. The minimum absolute atomic E-state index is 0. The summed E-state index contributed by atoms with van der Waals surface area (Å²) in [6.45, 7) is 0.347. The van der Waals surface area contributed by atoms with Gasteiger partial charge in [-0.2, -0.15) is 13.2 Å². The molecule has 0 aliphatic heterocycles. The second kappa shape index (κ2) is 8.58. The summed E-state index contributed by atoms with van der Waals surface area (Å²) in [6, 6.07) is 4.75. The van der Waals surface area contributed by atoms with Crippen LogP contribution in [0.4, 0.5) is 18.9 Å². The fraction of sp³-hybridized carbons (Fsp3) is 0.562. The van der Waals surface area contributed by atoms with E-state index in [1.807, 2.05) is 0 Å². The molecule has 1 fully saturated rings. The smallest absolute Gasteiger partial charge is 0.422 e. The van der Waals surface area contributed by atoms with Gasteiger partial charge in [-0.25, -0.2) is 0 Å². The van der Waals surface area contributed by atoms with Gasteiger partial charge in [-0.05, 0) is 43.9 Å². The number of rotatable bonds is 4. The Morgan fingerprint density at radius 2 is 2.08 bits per heavy atom. The minimum Gasteiger partial charge on any atom is -0.482 e. The molecule has 2 rings (SSSR count). The number of nitrogens with one attached hydrogen (secondary N) is 1. The van der Waals surface area contributed by atoms with E-state index in [1.54, 1.807) is 19.1 Å². The zero-order valence-electron chi connectivity index (χ0n) is 13.4. The molecular formula is C16H22ClF3N2O2. The molecule has 0 saturated heterocycles. The summed E-state index contributed by atoms with van der Waals surface area (Å²) in [5, 5.41) is 2.68. The molecule has 0 radical (unpaired) electrons. The molecule has 1 aliphatic carbocycles. The van der Waals surface area contributed by atoms with Crippen LogP contribution in [-0.2, 0) is 4.79 Å². The first-order chi connectivity index (χ1) is 10.7. The standard InChI is InChI=1S/C16H21F3N2O2.ClH/c1-10-5-6-13(14(7-10)23-9-16(17,18)19)21-15(22)11-3-2-4-12(20)8-11;/h5-7,11-12H,2-4,8-9,20H2,1H3,(H,21,22);1H. The van der Waals surface area contributed by atoms with Crippen LogP contribution >= 0.6 is 12.4 Å². The molecule has 0 bridgehead atoms. The van der Waals surface area contributed by atoms with E-state index >= 15 is 0 Å². The average molecular weight is 367 g/mol. The molecule has 2 unspecified atom stereocenters. The molecule has 0 heterocycles. The van der Waals surface area contributed by atoms with Crippen LogP contribution in [0.15, 0.2) is 18.2 Å². The van der Waals surface area contributed by atoms with E-state index in [0.717, 1.165) is 24.8 Å². The highest BCUT2D eigenvalue weighted by molar-refractivity contribution is 5.94. The maximum atomic E-state index is 12.3. The number of halogens is 4. The Balaban J connectivity index is 0.00000288. The van der Waals surface area contributed by atoms with Crippen LogP contribution in [0, 0.1) is 12.8 Å². The molecule has 2 atom stereocenters. The van der Waals surface area contributed by atoms with Gasteiger partial charge in [0.25, 0.3) is 0 Å². The van der Waals surface area contributed by atoms with Gasteiger partial charge in [0.15, 0.2) is 6.61 Å². The van der Waals surface area contributed by atoms with Crippen LogP contribution in [0.5, 0.6) is 5.75 Å². The zero-order valence-corrected chi connectivity index (χ0v) is 14.2. The molecule has 1 aromatic rings. The van der Waals surface area contributed by atoms with Gasteiger partial charge < -0.3 is 15.8 Å². The molecule has 0 aromatic heterocycles. The Kier molecular flexibility index (Phi) is 7.35. The number of nitrogens with two attached hydrogens (primary N) is 1. The Bertz CT molecular complexity index is 567. The maximum Gasteiger partial charge on any atom is 0.422 e. The van der Waals surface area contributed by atoms with Crippen molar-refractivity contribution in [3.8, 4) is 5.75 Å². The van der Waals surface area contributed by atoms with Gasteiger partial charge in [-0.3, -0.25) is 4.79 Å².